The van der Waals surface area contributed by atoms with Crippen molar-refractivity contribution in [1.29, 1.82) is 0 Å². The molecule has 166 valence electrons. The van der Waals surface area contributed by atoms with E-state index in [0.29, 0.717) is 11.1 Å². The molecule has 0 aromatic heterocycles. The Balaban J connectivity index is 2.24. The highest BCUT2D eigenvalue weighted by Crippen LogP contribution is 2.24. The summed E-state index contributed by atoms with van der Waals surface area (Å²) in [5.41, 5.74) is 0.392. The van der Waals surface area contributed by atoms with Gasteiger partial charge < -0.3 is 15.2 Å². The van der Waals surface area contributed by atoms with Crippen LogP contribution in [0, 0.1) is 0 Å². The number of sulfonamides is 1. The molecule has 0 atom stereocenters. The van der Waals surface area contributed by atoms with Crippen molar-refractivity contribution >= 4 is 28.2 Å². The molecule has 0 fully saturated rings. The van der Waals surface area contributed by atoms with Gasteiger partial charge in [-0.1, -0.05) is 60.7 Å². The first-order valence-corrected chi connectivity index (χ1v) is 9.83. The van der Waals surface area contributed by atoms with Crippen molar-refractivity contribution in [3.8, 4) is 0 Å². The van der Waals surface area contributed by atoms with Crippen LogP contribution in [0.25, 0.3) is 0 Å². The van der Waals surface area contributed by atoms with Crippen LogP contribution in [0.15, 0.2) is 65.1 Å². The molecule has 0 saturated carbocycles. The number of halogens is 3. The third kappa shape index (κ3) is 6.70. The van der Waals surface area contributed by atoms with E-state index in [4.69, 9.17) is 15.2 Å². The van der Waals surface area contributed by atoms with Crippen molar-refractivity contribution in [3.05, 3.63) is 71.8 Å². The second kappa shape index (κ2) is 9.93. The van der Waals surface area contributed by atoms with Gasteiger partial charge in [-0.3, -0.25) is 0 Å². The summed E-state index contributed by atoms with van der Waals surface area (Å²) in [6, 6.07) is 16.1. The summed E-state index contributed by atoms with van der Waals surface area (Å²) in [6.45, 7) is -0.775. The third-order valence-electron chi connectivity index (χ3n) is 3.51. The maximum absolute atomic E-state index is 12.6. The molecule has 9 nitrogen and oxygen atoms in total. The molecule has 0 heterocycles. The second-order valence-corrected chi connectivity index (χ2v) is 7.38. The predicted molar refractivity (Wildman–Crippen MR) is 102 cm³/mol. The van der Waals surface area contributed by atoms with Gasteiger partial charge in [0.2, 0.25) is 5.96 Å². The fourth-order valence-corrected chi connectivity index (χ4v) is 2.48. The van der Waals surface area contributed by atoms with Gasteiger partial charge in [-0.2, -0.15) is 21.6 Å². The van der Waals surface area contributed by atoms with Crippen molar-refractivity contribution in [2.75, 3.05) is 0 Å². The number of hydrogen-bond donors (Lipinski definition) is 1. The number of ether oxygens (including phenoxy) is 2. The number of amides is 2. The Labute approximate surface area is 174 Å². The zero-order valence-electron chi connectivity index (χ0n) is 15.7. The monoisotopic (exact) mass is 459 g/mol. The van der Waals surface area contributed by atoms with E-state index in [2.05, 4.69) is 4.40 Å². The molecule has 2 aromatic rings. The molecular formula is C18H16F3N3O6S. The van der Waals surface area contributed by atoms with Crippen LogP contribution in [0.2, 0.25) is 0 Å². The molecule has 0 spiro atoms. The van der Waals surface area contributed by atoms with Crippen LogP contribution in [-0.2, 0) is 32.7 Å². The zero-order chi connectivity index (χ0) is 23.1. The van der Waals surface area contributed by atoms with E-state index < -0.39 is 33.7 Å². The minimum Gasteiger partial charge on any atom is -0.444 e. The van der Waals surface area contributed by atoms with Gasteiger partial charge >= 0.3 is 27.7 Å². The molecule has 0 aliphatic heterocycles. The second-order valence-electron chi connectivity index (χ2n) is 5.79. The first-order chi connectivity index (χ1) is 14.5. The van der Waals surface area contributed by atoms with Crippen molar-refractivity contribution in [3.63, 3.8) is 0 Å². The SMILES string of the molecule is NC(=NS(=O)(=O)C(F)(F)F)N(C(=O)OCc1ccccc1)C(=O)OCc1ccccc1. The summed E-state index contributed by atoms with van der Waals surface area (Å²) in [7, 11) is -6.14. The van der Waals surface area contributed by atoms with Gasteiger partial charge in [0.15, 0.2) is 0 Å². The number of alkyl halides is 3. The van der Waals surface area contributed by atoms with Crippen LogP contribution < -0.4 is 5.73 Å². The van der Waals surface area contributed by atoms with Gasteiger partial charge in [0.05, 0.1) is 0 Å². The van der Waals surface area contributed by atoms with Crippen LogP contribution in [0.5, 0.6) is 0 Å². The topological polar surface area (TPSA) is 128 Å². The molecule has 0 aliphatic carbocycles. The number of nitrogens with two attached hydrogens (primary N) is 1. The number of rotatable bonds is 5. The zero-order valence-corrected chi connectivity index (χ0v) is 16.5. The van der Waals surface area contributed by atoms with Crippen LogP contribution in [-0.4, -0.2) is 37.0 Å². The van der Waals surface area contributed by atoms with E-state index in [0.717, 1.165) is 0 Å². The molecule has 0 aliphatic rings. The van der Waals surface area contributed by atoms with Crippen molar-refractivity contribution in [2.45, 2.75) is 18.7 Å². The number of benzene rings is 2. The summed E-state index contributed by atoms with van der Waals surface area (Å²) in [6.07, 6.45) is -3.17. The van der Waals surface area contributed by atoms with E-state index in [-0.39, 0.29) is 18.1 Å². The molecule has 2 amide bonds. The lowest BCUT2D eigenvalue weighted by molar-refractivity contribution is -0.0435. The Morgan fingerprint density at radius 2 is 1.26 bits per heavy atom. The summed E-state index contributed by atoms with van der Waals surface area (Å²) >= 11 is 0. The molecule has 2 rings (SSSR count). The predicted octanol–water partition coefficient (Wildman–Crippen LogP) is 3.13. The molecule has 2 N–H and O–H groups in total. The summed E-state index contributed by atoms with van der Waals surface area (Å²) in [4.78, 5) is 24.4. The largest absolute Gasteiger partial charge is 0.518 e. The standard InChI is InChI=1S/C18H16F3N3O6S/c19-18(20,21)31(27,28)23-15(22)24(16(25)29-11-13-7-3-1-4-8-13)17(26)30-12-14-9-5-2-6-10-14/h1-10H,11-12H2,(H2,22,23). The number of carbonyl (C=O) groups excluding carboxylic acids is 2. The maximum Gasteiger partial charge on any atom is 0.518 e. The van der Waals surface area contributed by atoms with E-state index in [1.54, 1.807) is 60.7 Å². The van der Waals surface area contributed by atoms with Gasteiger partial charge in [0, 0.05) is 0 Å². The van der Waals surface area contributed by atoms with Gasteiger partial charge in [-0.25, -0.2) is 9.59 Å². The lowest BCUT2D eigenvalue weighted by Gasteiger charge is -2.19. The van der Waals surface area contributed by atoms with Crippen LogP contribution in [0.3, 0.4) is 0 Å². The Morgan fingerprint density at radius 3 is 1.61 bits per heavy atom. The quantitative estimate of drug-likeness (QED) is 0.537. The normalized spacial score (nSPS) is 12.2. The lowest BCUT2D eigenvalue weighted by atomic mass is 10.2. The summed E-state index contributed by atoms with van der Waals surface area (Å²) in [5.74, 6) is -1.59. The molecule has 31 heavy (non-hydrogen) atoms. The van der Waals surface area contributed by atoms with Crippen molar-refractivity contribution in [2.24, 2.45) is 10.1 Å². The van der Waals surface area contributed by atoms with Gasteiger partial charge in [-0.05, 0) is 11.1 Å². The van der Waals surface area contributed by atoms with Crippen molar-refractivity contribution < 1.29 is 40.7 Å². The number of nitrogens with zero attached hydrogens (tertiary/aromatic N) is 2. The fourth-order valence-electron chi connectivity index (χ4n) is 2.05. The smallest absolute Gasteiger partial charge is 0.444 e. The minimum atomic E-state index is -6.14. The van der Waals surface area contributed by atoms with Crippen LogP contribution in [0.4, 0.5) is 22.8 Å². The number of guanidine groups is 1. The van der Waals surface area contributed by atoms with Gasteiger partial charge in [-0.15, -0.1) is 9.30 Å². The highest BCUT2D eigenvalue weighted by atomic mass is 32.2. The molecule has 13 heteroatoms. The summed E-state index contributed by atoms with van der Waals surface area (Å²) < 4.78 is 72.3. The van der Waals surface area contributed by atoms with E-state index in [1.807, 2.05) is 0 Å². The summed E-state index contributed by atoms with van der Waals surface area (Å²) in [5, 5.41) is 0. The Hall–Kier alpha value is -3.61. The highest BCUT2D eigenvalue weighted by Gasteiger charge is 2.47. The molecule has 0 radical (unpaired) electrons. The van der Waals surface area contributed by atoms with Gasteiger partial charge in [0.25, 0.3) is 0 Å². The average molecular weight is 459 g/mol. The Bertz CT molecular complexity index is 989. The number of carbonyl (C=O) groups is 2. The average Bonchev–Trinajstić information content (AvgIpc) is 2.71. The number of hydrogen-bond acceptors (Lipinski definition) is 6. The third-order valence-corrected chi connectivity index (χ3v) is 4.52. The number of imide groups is 1. The first-order valence-electron chi connectivity index (χ1n) is 8.39. The van der Waals surface area contributed by atoms with E-state index >= 15 is 0 Å². The minimum absolute atomic E-state index is 0.241. The van der Waals surface area contributed by atoms with Crippen molar-refractivity contribution in [1.82, 2.24) is 4.90 Å². The molecule has 2 aromatic carbocycles. The Morgan fingerprint density at radius 1 is 0.871 bits per heavy atom. The molecule has 0 bridgehead atoms. The van der Waals surface area contributed by atoms with Gasteiger partial charge in [0.1, 0.15) is 13.2 Å². The fraction of sp³-hybridized carbons (Fsp3) is 0.167. The molecular weight excluding hydrogens is 443 g/mol. The lowest BCUT2D eigenvalue weighted by Crippen LogP contribution is -2.47. The maximum atomic E-state index is 12.6. The van der Waals surface area contributed by atoms with E-state index in [9.17, 15) is 31.2 Å². The molecule has 0 saturated heterocycles. The molecule has 0 unspecified atom stereocenters. The van der Waals surface area contributed by atoms with Crippen LogP contribution in [0.1, 0.15) is 11.1 Å². The van der Waals surface area contributed by atoms with Crippen LogP contribution >= 0.6 is 0 Å². The first kappa shape index (κ1) is 23.7. The van der Waals surface area contributed by atoms with E-state index in [1.165, 1.54) is 0 Å². The Kier molecular flexibility index (Phi) is 7.58. The highest BCUT2D eigenvalue weighted by molar-refractivity contribution is 7.91.